The van der Waals surface area contributed by atoms with E-state index in [1.165, 1.54) is 5.56 Å². The van der Waals surface area contributed by atoms with Crippen LogP contribution in [-0.4, -0.2) is 23.1 Å². The lowest BCUT2D eigenvalue weighted by Crippen LogP contribution is -2.41. The van der Waals surface area contributed by atoms with Crippen molar-refractivity contribution in [1.29, 1.82) is 0 Å². The van der Waals surface area contributed by atoms with Gasteiger partial charge in [0.05, 0.1) is 6.04 Å². The Morgan fingerprint density at radius 3 is 2.94 bits per heavy atom. The van der Waals surface area contributed by atoms with Crippen LogP contribution in [0.5, 0.6) is 0 Å². The van der Waals surface area contributed by atoms with Crippen LogP contribution >= 0.6 is 0 Å². The van der Waals surface area contributed by atoms with Gasteiger partial charge < -0.3 is 4.90 Å². The van der Waals surface area contributed by atoms with Crippen LogP contribution in [-0.2, 0) is 11.2 Å². The summed E-state index contributed by atoms with van der Waals surface area (Å²) >= 11 is 0. The van der Waals surface area contributed by atoms with Crippen LogP contribution in [0.25, 0.3) is 0 Å². The van der Waals surface area contributed by atoms with Gasteiger partial charge in [-0.15, -0.1) is 0 Å². The standard InChI is InChI=1S/C14H15NO2/c1-9(16)15-8-7-10-3-2-4-11-13(17)6-5-12(15)14(10)11/h2-4,12H,5-8H2,1H3/t12-/m0/s1. The molecule has 17 heavy (non-hydrogen) atoms. The lowest BCUT2D eigenvalue weighted by Gasteiger charge is -2.40. The van der Waals surface area contributed by atoms with Gasteiger partial charge in [0.2, 0.25) is 5.91 Å². The number of benzene rings is 1. The minimum Gasteiger partial charge on any atom is -0.336 e. The highest BCUT2D eigenvalue weighted by atomic mass is 16.2. The molecule has 2 aliphatic rings. The smallest absolute Gasteiger partial charge is 0.219 e. The summed E-state index contributed by atoms with van der Waals surface area (Å²) in [5, 5.41) is 0. The second kappa shape index (κ2) is 3.69. The van der Waals surface area contributed by atoms with Crippen molar-refractivity contribution in [3.63, 3.8) is 0 Å². The number of hydrogen-bond donors (Lipinski definition) is 0. The van der Waals surface area contributed by atoms with E-state index >= 15 is 0 Å². The van der Waals surface area contributed by atoms with Crippen molar-refractivity contribution < 1.29 is 9.59 Å². The third-order valence-electron chi connectivity index (χ3n) is 3.88. The summed E-state index contributed by atoms with van der Waals surface area (Å²) < 4.78 is 0. The quantitative estimate of drug-likeness (QED) is 0.683. The van der Waals surface area contributed by atoms with Crippen LogP contribution in [0.15, 0.2) is 18.2 Å². The van der Waals surface area contributed by atoms with Crippen molar-refractivity contribution in [1.82, 2.24) is 4.90 Å². The third-order valence-corrected chi connectivity index (χ3v) is 3.88. The zero-order valence-corrected chi connectivity index (χ0v) is 9.90. The molecule has 1 atom stereocenters. The summed E-state index contributed by atoms with van der Waals surface area (Å²) in [4.78, 5) is 25.4. The van der Waals surface area contributed by atoms with Gasteiger partial charge in [0, 0.05) is 25.5 Å². The van der Waals surface area contributed by atoms with Crippen LogP contribution < -0.4 is 0 Å². The molecule has 0 aromatic heterocycles. The van der Waals surface area contributed by atoms with Gasteiger partial charge in [0.15, 0.2) is 5.78 Å². The molecule has 0 N–H and O–H groups in total. The number of Topliss-reactive ketones (excluding diaryl/α,β-unsaturated/α-hetero) is 1. The van der Waals surface area contributed by atoms with Crippen molar-refractivity contribution in [3.8, 4) is 0 Å². The van der Waals surface area contributed by atoms with Gasteiger partial charge in [0.1, 0.15) is 0 Å². The van der Waals surface area contributed by atoms with Crippen molar-refractivity contribution in [2.45, 2.75) is 32.2 Å². The van der Waals surface area contributed by atoms with E-state index in [2.05, 4.69) is 6.07 Å². The first kappa shape index (κ1) is 10.5. The van der Waals surface area contributed by atoms with E-state index in [1.807, 2.05) is 17.0 Å². The molecular weight excluding hydrogens is 214 g/mol. The van der Waals surface area contributed by atoms with E-state index in [1.54, 1.807) is 6.92 Å². The molecule has 1 amide bonds. The number of hydrogen-bond acceptors (Lipinski definition) is 2. The molecule has 1 heterocycles. The molecule has 1 aliphatic heterocycles. The van der Waals surface area contributed by atoms with Crippen LogP contribution in [0.2, 0.25) is 0 Å². The molecule has 88 valence electrons. The fourth-order valence-electron chi connectivity index (χ4n) is 3.10. The van der Waals surface area contributed by atoms with Crippen molar-refractivity contribution in [3.05, 3.63) is 34.9 Å². The van der Waals surface area contributed by atoms with E-state index < -0.39 is 0 Å². The molecule has 0 spiro atoms. The summed E-state index contributed by atoms with van der Waals surface area (Å²) in [7, 11) is 0. The molecule has 1 aromatic rings. The minimum atomic E-state index is 0.116. The van der Waals surface area contributed by atoms with E-state index in [4.69, 9.17) is 0 Å². The first-order valence-corrected chi connectivity index (χ1v) is 6.10. The van der Waals surface area contributed by atoms with E-state index in [-0.39, 0.29) is 17.7 Å². The third kappa shape index (κ3) is 1.49. The number of carbonyl (C=O) groups excluding carboxylic acids is 2. The van der Waals surface area contributed by atoms with Crippen molar-refractivity contribution in [2.24, 2.45) is 0 Å². The lowest BCUT2D eigenvalue weighted by molar-refractivity contribution is -0.132. The van der Waals surface area contributed by atoms with Gasteiger partial charge >= 0.3 is 0 Å². The van der Waals surface area contributed by atoms with Gasteiger partial charge in [-0.3, -0.25) is 9.59 Å². The van der Waals surface area contributed by atoms with Crippen LogP contribution in [0.3, 0.4) is 0 Å². The van der Waals surface area contributed by atoms with Crippen LogP contribution in [0, 0.1) is 0 Å². The molecule has 0 radical (unpaired) electrons. The molecule has 3 nitrogen and oxygen atoms in total. The molecule has 0 bridgehead atoms. The van der Waals surface area contributed by atoms with Gasteiger partial charge in [-0.1, -0.05) is 18.2 Å². The monoisotopic (exact) mass is 229 g/mol. The molecule has 1 aromatic carbocycles. The maximum Gasteiger partial charge on any atom is 0.219 e. The van der Waals surface area contributed by atoms with Crippen LogP contribution in [0.4, 0.5) is 0 Å². The van der Waals surface area contributed by atoms with Crippen molar-refractivity contribution >= 4 is 11.7 Å². The number of carbonyl (C=O) groups is 2. The fourth-order valence-corrected chi connectivity index (χ4v) is 3.10. The normalized spacial score (nSPS) is 22.3. The predicted octanol–water partition coefficient (Wildman–Crippen LogP) is 2.11. The van der Waals surface area contributed by atoms with Gasteiger partial charge in [-0.05, 0) is 24.0 Å². The fraction of sp³-hybridized carbons (Fsp3) is 0.429. The van der Waals surface area contributed by atoms with Gasteiger partial charge in [-0.25, -0.2) is 0 Å². The predicted molar refractivity (Wildman–Crippen MR) is 63.8 cm³/mol. The molecule has 0 unspecified atom stereocenters. The van der Waals surface area contributed by atoms with E-state index in [0.717, 1.165) is 30.5 Å². The second-order valence-corrected chi connectivity index (χ2v) is 4.82. The summed E-state index contributed by atoms with van der Waals surface area (Å²) in [5.74, 6) is 0.341. The highest BCUT2D eigenvalue weighted by molar-refractivity contribution is 5.99. The highest BCUT2D eigenvalue weighted by Crippen LogP contribution is 2.39. The summed E-state index contributed by atoms with van der Waals surface area (Å²) in [5.41, 5.74) is 3.20. The number of rotatable bonds is 0. The maximum absolute atomic E-state index is 11.9. The Kier molecular flexibility index (Phi) is 2.28. The SMILES string of the molecule is CC(=O)N1CCc2cccc3c2[C@@H]1CCC3=O. The van der Waals surface area contributed by atoms with Crippen molar-refractivity contribution in [2.75, 3.05) is 6.54 Å². The Hall–Kier alpha value is -1.64. The molecular formula is C14H15NO2. The highest BCUT2D eigenvalue weighted by Gasteiger charge is 2.35. The Morgan fingerprint density at radius 1 is 1.35 bits per heavy atom. The number of ketones is 1. The first-order chi connectivity index (χ1) is 8.18. The zero-order chi connectivity index (χ0) is 12.0. The molecule has 3 rings (SSSR count). The largest absolute Gasteiger partial charge is 0.336 e. The molecule has 0 fully saturated rings. The maximum atomic E-state index is 11.9. The van der Waals surface area contributed by atoms with E-state index in [0.29, 0.717) is 6.42 Å². The number of amides is 1. The molecule has 1 aliphatic carbocycles. The molecule has 3 heteroatoms. The molecule has 0 saturated carbocycles. The zero-order valence-electron chi connectivity index (χ0n) is 9.90. The van der Waals surface area contributed by atoms with E-state index in [9.17, 15) is 9.59 Å². The average molecular weight is 229 g/mol. The minimum absolute atomic E-state index is 0.116. The summed E-state index contributed by atoms with van der Waals surface area (Å²) in [6.07, 6.45) is 2.21. The Labute approximate surface area is 100 Å². The Balaban J connectivity index is 2.16. The Morgan fingerprint density at radius 2 is 2.18 bits per heavy atom. The second-order valence-electron chi connectivity index (χ2n) is 4.82. The lowest BCUT2D eigenvalue weighted by atomic mass is 9.80. The first-order valence-electron chi connectivity index (χ1n) is 6.10. The Bertz CT molecular complexity index is 507. The van der Waals surface area contributed by atoms with Gasteiger partial charge in [-0.2, -0.15) is 0 Å². The number of nitrogens with zero attached hydrogens (tertiary/aromatic N) is 1. The topological polar surface area (TPSA) is 37.4 Å². The average Bonchev–Trinajstić information content (AvgIpc) is 2.33. The van der Waals surface area contributed by atoms with Gasteiger partial charge in [0.25, 0.3) is 0 Å². The summed E-state index contributed by atoms with van der Waals surface area (Å²) in [6, 6.07) is 6.07. The molecule has 0 saturated heterocycles. The summed E-state index contributed by atoms with van der Waals surface area (Å²) in [6.45, 7) is 2.40. The van der Waals surface area contributed by atoms with Crippen LogP contribution in [0.1, 0.15) is 47.3 Å².